The van der Waals surface area contributed by atoms with Gasteiger partial charge in [0.15, 0.2) is 0 Å². The van der Waals surface area contributed by atoms with Crippen LogP contribution in [0.5, 0.6) is 0 Å². The summed E-state index contributed by atoms with van der Waals surface area (Å²) in [7, 11) is 0. The highest BCUT2D eigenvalue weighted by molar-refractivity contribution is 5.81. The second-order valence-corrected chi connectivity index (χ2v) is 4.68. The van der Waals surface area contributed by atoms with Crippen molar-refractivity contribution in [2.75, 3.05) is 11.9 Å². The molecule has 1 aromatic rings. The summed E-state index contributed by atoms with van der Waals surface area (Å²) in [6, 6.07) is 6.37. The summed E-state index contributed by atoms with van der Waals surface area (Å²) in [5.41, 5.74) is 0.292. The van der Waals surface area contributed by atoms with Crippen molar-refractivity contribution >= 4 is 11.6 Å². The van der Waals surface area contributed by atoms with Gasteiger partial charge < -0.3 is 10.6 Å². The van der Waals surface area contributed by atoms with Crippen molar-refractivity contribution in [2.24, 2.45) is 0 Å². The molecule has 100 valence electrons. The lowest BCUT2D eigenvalue weighted by Crippen LogP contribution is -2.36. The van der Waals surface area contributed by atoms with Crippen LogP contribution >= 0.6 is 0 Å². The molecule has 1 fully saturated rings. The molecule has 0 bridgehead atoms. The van der Waals surface area contributed by atoms with Crippen molar-refractivity contribution in [3.05, 3.63) is 29.6 Å². The van der Waals surface area contributed by atoms with Gasteiger partial charge in [0.2, 0.25) is 5.91 Å². The molecular formula is C14H16FN3O. The Bertz CT molecular complexity index is 504. The molecule has 0 saturated heterocycles. The molecule has 1 saturated carbocycles. The van der Waals surface area contributed by atoms with E-state index in [1.165, 1.54) is 12.1 Å². The maximum absolute atomic E-state index is 13.3. The minimum Gasteiger partial charge on any atom is -0.375 e. The Morgan fingerprint density at radius 2 is 2.16 bits per heavy atom. The first-order chi connectivity index (χ1) is 9.20. The van der Waals surface area contributed by atoms with Crippen LogP contribution in [-0.2, 0) is 4.79 Å². The van der Waals surface area contributed by atoms with Crippen molar-refractivity contribution in [3.8, 4) is 6.07 Å². The summed E-state index contributed by atoms with van der Waals surface area (Å²) >= 11 is 0. The molecule has 0 aromatic heterocycles. The Morgan fingerprint density at radius 1 is 1.42 bits per heavy atom. The molecule has 1 aromatic carbocycles. The third kappa shape index (κ3) is 3.44. The molecule has 0 aliphatic heterocycles. The van der Waals surface area contributed by atoms with E-state index in [-0.39, 0.29) is 24.1 Å². The van der Waals surface area contributed by atoms with Gasteiger partial charge in [-0.15, -0.1) is 0 Å². The average Bonchev–Trinajstić information content (AvgIpc) is 2.89. The maximum atomic E-state index is 13.3. The minimum atomic E-state index is -0.580. The number of anilines is 1. The van der Waals surface area contributed by atoms with E-state index in [1.54, 1.807) is 12.1 Å². The molecule has 2 N–H and O–H groups in total. The smallest absolute Gasteiger partial charge is 0.239 e. The Balaban J connectivity index is 1.90. The number of rotatable bonds is 4. The lowest BCUT2D eigenvalue weighted by atomic mass is 10.2. The lowest BCUT2D eigenvalue weighted by molar-refractivity contribution is -0.120. The third-order valence-electron chi connectivity index (χ3n) is 3.29. The van der Waals surface area contributed by atoms with E-state index in [0.717, 1.165) is 25.7 Å². The summed E-state index contributed by atoms with van der Waals surface area (Å²) < 4.78 is 13.3. The number of carbonyl (C=O) groups excluding carboxylic acids is 1. The van der Waals surface area contributed by atoms with Crippen LogP contribution in [0.25, 0.3) is 0 Å². The summed E-state index contributed by atoms with van der Waals surface area (Å²) in [5, 5.41) is 14.6. The first-order valence-corrected chi connectivity index (χ1v) is 6.42. The number of halogens is 1. The zero-order valence-corrected chi connectivity index (χ0v) is 10.6. The molecule has 1 aliphatic rings. The van der Waals surface area contributed by atoms with Crippen LogP contribution in [0, 0.1) is 17.1 Å². The second-order valence-electron chi connectivity index (χ2n) is 4.68. The number of benzene rings is 1. The maximum Gasteiger partial charge on any atom is 0.239 e. The normalized spacial score (nSPS) is 14.9. The largest absolute Gasteiger partial charge is 0.375 e. The van der Waals surface area contributed by atoms with E-state index >= 15 is 0 Å². The summed E-state index contributed by atoms with van der Waals surface area (Å²) in [4.78, 5) is 11.7. The van der Waals surface area contributed by atoms with E-state index in [1.807, 2.05) is 0 Å². The molecule has 5 heteroatoms. The molecule has 0 unspecified atom stereocenters. The van der Waals surface area contributed by atoms with Crippen LogP contribution in [0.4, 0.5) is 10.1 Å². The first kappa shape index (κ1) is 13.3. The number of nitrogens with one attached hydrogen (secondary N) is 2. The Kier molecular flexibility index (Phi) is 4.35. The Labute approximate surface area is 111 Å². The molecule has 1 aliphatic carbocycles. The van der Waals surface area contributed by atoms with Crippen molar-refractivity contribution in [3.63, 3.8) is 0 Å². The highest BCUT2D eigenvalue weighted by Crippen LogP contribution is 2.18. The van der Waals surface area contributed by atoms with Gasteiger partial charge in [-0.2, -0.15) is 5.26 Å². The average molecular weight is 261 g/mol. The molecule has 0 heterocycles. The summed E-state index contributed by atoms with van der Waals surface area (Å²) in [6.07, 6.45) is 4.35. The van der Waals surface area contributed by atoms with Crippen LogP contribution in [0.1, 0.15) is 31.2 Å². The van der Waals surface area contributed by atoms with Crippen LogP contribution in [0.3, 0.4) is 0 Å². The fraction of sp³-hybridized carbons (Fsp3) is 0.429. The molecular weight excluding hydrogens is 245 g/mol. The molecule has 1 amide bonds. The highest BCUT2D eigenvalue weighted by atomic mass is 19.1. The standard InChI is InChI=1S/C14H16FN3O/c15-12-6-3-7-13(11(12)8-16)17-9-14(19)18-10-4-1-2-5-10/h3,6-7,10,17H,1-2,4-5,9H2,(H,18,19). The lowest BCUT2D eigenvalue weighted by Gasteiger charge is -2.13. The summed E-state index contributed by atoms with van der Waals surface area (Å²) in [5.74, 6) is -0.705. The van der Waals surface area contributed by atoms with Crippen LogP contribution < -0.4 is 10.6 Å². The van der Waals surface area contributed by atoms with Gasteiger partial charge in [-0.3, -0.25) is 4.79 Å². The van der Waals surface area contributed by atoms with E-state index in [4.69, 9.17) is 5.26 Å². The predicted octanol–water partition coefficient (Wildman–Crippen LogP) is 2.17. The molecule has 0 radical (unpaired) electrons. The number of amides is 1. The van der Waals surface area contributed by atoms with Crippen LogP contribution in [0.15, 0.2) is 18.2 Å². The fourth-order valence-corrected chi connectivity index (χ4v) is 2.31. The van der Waals surface area contributed by atoms with Crippen molar-refractivity contribution in [1.29, 1.82) is 5.26 Å². The quantitative estimate of drug-likeness (QED) is 0.873. The number of nitriles is 1. The topological polar surface area (TPSA) is 64.9 Å². The van der Waals surface area contributed by atoms with E-state index in [9.17, 15) is 9.18 Å². The van der Waals surface area contributed by atoms with Crippen molar-refractivity contribution in [1.82, 2.24) is 5.32 Å². The van der Waals surface area contributed by atoms with Gasteiger partial charge in [0.25, 0.3) is 0 Å². The van der Waals surface area contributed by atoms with E-state index in [0.29, 0.717) is 5.69 Å². The number of hydrogen-bond donors (Lipinski definition) is 2. The molecule has 19 heavy (non-hydrogen) atoms. The summed E-state index contributed by atoms with van der Waals surface area (Å²) in [6.45, 7) is 0.0502. The Hall–Kier alpha value is -2.09. The van der Waals surface area contributed by atoms with Gasteiger partial charge in [-0.25, -0.2) is 4.39 Å². The van der Waals surface area contributed by atoms with E-state index in [2.05, 4.69) is 10.6 Å². The van der Waals surface area contributed by atoms with Crippen molar-refractivity contribution < 1.29 is 9.18 Å². The number of hydrogen-bond acceptors (Lipinski definition) is 3. The molecule has 2 rings (SSSR count). The van der Waals surface area contributed by atoms with Gasteiger partial charge in [0.05, 0.1) is 12.2 Å². The van der Waals surface area contributed by atoms with E-state index < -0.39 is 5.82 Å². The number of carbonyl (C=O) groups is 1. The van der Waals surface area contributed by atoms with Gasteiger partial charge >= 0.3 is 0 Å². The second kappa shape index (κ2) is 6.19. The van der Waals surface area contributed by atoms with Crippen molar-refractivity contribution in [2.45, 2.75) is 31.7 Å². The fourth-order valence-electron chi connectivity index (χ4n) is 2.31. The van der Waals surface area contributed by atoms with Gasteiger partial charge in [-0.1, -0.05) is 18.9 Å². The van der Waals surface area contributed by atoms with Crippen LogP contribution in [0.2, 0.25) is 0 Å². The molecule has 0 atom stereocenters. The SMILES string of the molecule is N#Cc1c(F)cccc1NCC(=O)NC1CCCC1. The highest BCUT2D eigenvalue weighted by Gasteiger charge is 2.17. The number of nitrogens with zero attached hydrogens (tertiary/aromatic N) is 1. The van der Waals surface area contributed by atoms with Gasteiger partial charge in [0, 0.05) is 6.04 Å². The predicted molar refractivity (Wildman–Crippen MR) is 70.0 cm³/mol. The van der Waals surface area contributed by atoms with Gasteiger partial charge in [-0.05, 0) is 25.0 Å². The zero-order chi connectivity index (χ0) is 13.7. The Morgan fingerprint density at radius 3 is 2.84 bits per heavy atom. The zero-order valence-electron chi connectivity index (χ0n) is 10.6. The van der Waals surface area contributed by atoms with Crippen LogP contribution in [-0.4, -0.2) is 18.5 Å². The molecule has 4 nitrogen and oxygen atoms in total. The molecule has 0 spiro atoms. The minimum absolute atomic E-state index is 0.0502. The third-order valence-corrected chi connectivity index (χ3v) is 3.29. The first-order valence-electron chi connectivity index (χ1n) is 6.42. The van der Waals surface area contributed by atoms with Gasteiger partial charge in [0.1, 0.15) is 17.4 Å². The monoisotopic (exact) mass is 261 g/mol.